The number of methoxy groups -OCH3 is 1. The van der Waals surface area contributed by atoms with Crippen molar-refractivity contribution in [2.75, 3.05) is 7.11 Å². The molecule has 2 aromatic rings. The number of fused-ring (bicyclic) bond motifs is 1. The Kier molecular flexibility index (Phi) is 2.72. The van der Waals surface area contributed by atoms with Gasteiger partial charge in [-0.3, -0.25) is 0 Å². The van der Waals surface area contributed by atoms with Gasteiger partial charge in [-0.15, -0.1) is 0 Å². The number of hydrogen-bond acceptors (Lipinski definition) is 2. The van der Waals surface area contributed by atoms with E-state index in [1.807, 2.05) is 25.1 Å². The van der Waals surface area contributed by atoms with Crippen LogP contribution in [0.4, 0.5) is 0 Å². The van der Waals surface area contributed by atoms with Crippen LogP contribution in [0.2, 0.25) is 10.3 Å². The molecule has 0 fully saturated rings. The van der Waals surface area contributed by atoms with E-state index in [0.717, 1.165) is 22.1 Å². The maximum Gasteiger partial charge on any atom is 0.138 e. The van der Waals surface area contributed by atoms with E-state index >= 15 is 0 Å². The maximum absolute atomic E-state index is 6.01. The molecule has 0 N–H and O–H groups in total. The molecule has 0 amide bonds. The zero-order valence-corrected chi connectivity index (χ0v) is 9.86. The lowest BCUT2D eigenvalue weighted by Crippen LogP contribution is -1.89. The van der Waals surface area contributed by atoms with Crippen LogP contribution >= 0.6 is 23.2 Å². The molecule has 0 aliphatic rings. The van der Waals surface area contributed by atoms with Gasteiger partial charge in [-0.2, -0.15) is 0 Å². The second-order valence-corrected chi connectivity index (χ2v) is 3.95. The van der Waals surface area contributed by atoms with Gasteiger partial charge >= 0.3 is 0 Å². The fourth-order valence-electron chi connectivity index (χ4n) is 1.49. The van der Waals surface area contributed by atoms with E-state index in [-0.39, 0.29) is 0 Å². The highest BCUT2D eigenvalue weighted by atomic mass is 35.5. The molecule has 0 spiro atoms. The number of nitrogens with zero attached hydrogens (tertiary/aromatic N) is 1. The molecule has 0 radical (unpaired) electrons. The van der Waals surface area contributed by atoms with E-state index in [9.17, 15) is 0 Å². The molecule has 1 heterocycles. The topological polar surface area (TPSA) is 22.1 Å². The number of benzene rings is 1. The molecule has 0 bridgehead atoms. The van der Waals surface area contributed by atoms with Gasteiger partial charge in [0.25, 0.3) is 0 Å². The molecule has 1 aromatic heterocycles. The van der Waals surface area contributed by atoms with Gasteiger partial charge in [0.2, 0.25) is 0 Å². The molecule has 0 aliphatic heterocycles. The lowest BCUT2D eigenvalue weighted by atomic mass is 10.1. The standard InChI is InChI=1S/C11H9Cl2NO/c1-6-8-4-3-7(15-2)5-9(8)11(13)14-10(6)12/h3-5H,1-2H3. The van der Waals surface area contributed by atoms with Crippen LogP contribution in [-0.2, 0) is 0 Å². The third-order valence-electron chi connectivity index (χ3n) is 2.36. The quantitative estimate of drug-likeness (QED) is 0.708. The minimum Gasteiger partial charge on any atom is -0.497 e. The number of aromatic nitrogens is 1. The first kappa shape index (κ1) is 10.5. The summed E-state index contributed by atoms with van der Waals surface area (Å²) >= 11 is 12.0. The van der Waals surface area contributed by atoms with Crippen molar-refractivity contribution in [2.45, 2.75) is 6.92 Å². The van der Waals surface area contributed by atoms with Crippen molar-refractivity contribution in [1.29, 1.82) is 0 Å². The number of aryl methyl sites for hydroxylation is 1. The van der Waals surface area contributed by atoms with Crippen molar-refractivity contribution < 1.29 is 4.74 Å². The molecule has 4 heteroatoms. The molecule has 0 unspecified atom stereocenters. The van der Waals surface area contributed by atoms with Gasteiger partial charge in [0.05, 0.1) is 7.11 Å². The van der Waals surface area contributed by atoms with Crippen molar-refractivity contribution in [3.8, 4) is 5.75 Å². The van der Waals surface area contributed by atoms with Crippen LogP contribution in [0.15, 0.2) is 18.2 Å². The van der Waals surface area contributed by atoms with Crippen LogP contribution < -0.4 is 4.74 Å². The minimum atomic E-state index is 0.402. The molecule has 2 rings (SSSR count). The molecule has 0 atom stereocenters. The van der Waals surface area contributed by atoms with Crippen molar-refractivity contribution in [3.63, 3.8) is 0 Å². The Balaban J connectivity index is 2.84. The highest BCUT2D eigenvalue weighted by Crippen LogP contribution is 2.31. The number of ether oxygens (including phenoxy) is 1. The van der Waals surface area contributed by atoms with E-state index in [0.29, 0.717) is 10.3 Å². The molecule has 0 saturated heterocycles. The van der Waals surface area contributed by atoms with Gasteiger partial charge in [0.15, 0.2) is 0 Å². The molecular formula is C11H9Cl2NO. The van der Waals surface area contributed by atoms with Crippen LogP contribution in [0.1, 0.15) is 5.56 Å². The molecular weight excluding hydrogens is 233 g/mol. The normalized spacial score (nSPS) is 10.7. The first-order valence-electron chi connectivity index (χ1n) is 4.43. The third kappa shape index (κ3) is 1.75. The first-order valence-corrected chi connectivity index (χ1v) is 5.18. The zero-order valence-electron chi connectivity index (χ0n) is 8.34. The lowest BCUT2D eigenvalue weighted by Gasteiger charge is -2.07. The Hall–Kier alpha value is -0.990. The minimum absolute atomic E-state index is 0.402. The monoisotopic (exact) mass is 241 g/mol. The summed E-state index contributed by atoms with van der Waals surface area (Å²) in [7, 11) is 1.62. The Labute approximate surface area is 97.8 Å². The van der Waals surface area contributed by atoms with Crippen molar-refractivity contribution in [1.82, 2.24) is 4.98 Å². The molecule has 2 nitrogen and oxygen atoms in total. The largest absolute Gasteiger partial charge is 0.497 e. The average Bonchev–Trinajstić information content (AvgIpc) is 2.25. The van der Waals surface area contributed by atoms with E-state index in [1.54, 1.807) is 7.11 Å². The van der Waals surface area contributed by atoms with Crippen LogP contribution in [0.25, 0.3) is 10.8 Å². The summed E-state index contributed by atoms with van der Waals surface area (Å²) in [5, 5.41) is 2.70. The smallest absolute Gasteiger partial charge is 0.138 e. The first-order chi connectivity index (χ1) is 7.13. The van der Waals surface area contributed by atoms with Gasteiger partial charge in [-0.05, 0) is 30.0 Å². The number of rotatable bonds is 1. The molecule has 1 aromatic carbocycles. The second kappa shape index (κ2) is 3.87. The van der Waals surface area contributed by atoms with E-state index < -0.39 is 0 Å². The van der Waals surface area contributed by atoms with E-state index in [1.165, 1.54) is 0 Å². The summed E-state index contributed by atoms with van der Waals surface area (Å²) in [6, 6.07) is 5.67. The second-order valence-electron chi connectivity index (χ2n) is 3.23. The van der Waals surface area contributed by atoms with Gasteiger partial charge in [-0.1, -0.05) is 29.3 Å². The van der Waals surface area contributed by atoms with Crippen molar-refractivity contribution in [3.05, 3.63) is 34.1 Å². The van der Waals surface area contributed by atoms with Crippen molar-refractivity contribution in [2.24, 2.45) is 0 Å². The Morgan fingerprint density at radius 3 is 2.53 bits per heavy atom. The van der Waals surface area contributed by atoms with Gasteiger partial charge in [0.1, 0.15) is 16.1 Å². The molecule has 15 heavy (non-hydrogen) atoms. The molecule has 0 aliphatic carbocycles. The summed E-state index contributed by atoms with van der Waals surface area (Å²) in [5.41, 5.74) is 0.929. The molecule has 0 saturated carbocycles. The Morgan fingerprint density at radius 1 is 1.13 bits per heavy atom. The summed E-state index contributed by atoms with van der Waals surface area (Å²) in [5.74, 6) is 0.757. The van der Waals surface area contributed by atoms with Crippen molar-refractivity contribution >= 4 is 34.0 Å². The average molecular weight is 242 g/mol. The Bertz CT molecular complexity index is 525. The maximum atomic E-state index is 6.01. The third-order valence-corrected chi connectivity index (χ3v) is 3.01. The highest BCUT2D eigenvalue weighted by molar-refractivity contribution is 6.37. The number of halogens is 2. The predicted octanol–water partition coefficient (Wildman–Crippen LogP) is 3.86. The summed E-state index contributed by atoms with van der Waals surface area (Å²) in [6.07, 6.45) is 0. The number of pyridine rings is 1. The summed E-state index contributed by atoms with van der Waals surface area (Å²) in [6.45, 7) is 1.92. The van der Waals surface area contributed by atoms with Crippen LogP contribution in [0.5, 0.6) is 5.75 Å². The SMILES string of the molecule is COc1ccc2c(C)c(Cl)nc(Cl)c2c1. The van der Waals surface area contributed by atoms with Crippen LogP contribution in [-0.4, -0.2) is 12.1 Å². The summed E-state index contributed by atoms with van der Waals surface area (Å²) in [4.78, 5) is 4.05. The van der Waals surface area contributed by atoms with Crippen LogP contribution in [0, 0.1) is 6.92 Å². The van der Waals surface area contributed by atoms with Gasteiger partial charge in [0, 0.05) is 5.39 Å². The van der Waals surface area contributed by atoms with Crippen LogP contribution in [0.3, 0.4) is 0 Å². The Morgan fingerprint density at radius 2 is 1.87 bits per heavy atom. The highest BCUT2D eigenvalue weighted by Gasteiger charge is 2.08. The van der Waals surface area contributed by atoms with E-state index in [4.69, 9.17) is 27.9 Å². The zero-order chi connectivity index (χ0) is 11.0. The lowest BCUT2D eigenvalue weighted by molar-refractivity contribution is 0.415. The van der Waals surface area contributed by atoms with Gasteiger partial charge < -0.3 is 4.74 Å². The number of hydrogen-bond donors (Lipinski definition) is 0. The summed E-state index contributed by atoms with van der Waals surface area (Å²) < 4.78 is 5.13. The predicted molar refractivity (Wildman–Crippen MR) is 63.1 cm³/mol. The van der Waals surface area contributed by atoms with E-state index in [2.05, 4.69) is 4.98 Å². The molecule has 78 valence electrons. The fourth-order valence-corrected chi connectivity index (χ4v) is 1.96. The van der Waals surface area contributed by atoms with Gasteiger partial charge in [-0.25, -0.2) is 4.98 Å². The fraction of sp³-hybridized carbons (Fsp3) is 0.182.